The summed E-state index contributed by atoms with van der Waals surface area (Å²) in [6, 6.07) is 7.12. The number of carbonyl (C=O) groups excluding carboxylic acids is 1. The molecule has 166 valence electrons. The minimum atomic E-state index is 0.296. The molecule has 0 spiro atoms. The standard InChI is InChI=1S/C26H40N2O2/c1-4-26(29)27(3)22-10-8-20(9-11-22)19(2)18-28-15-12-21(13-16-28)23-6-5-7-25-24(23)14-17-30-25/h5-7,19-22H,4,8-18H2,1-3H3. The second-order valence-corrected chi connectivity index (χ2v) is 9.90. The third-order valence-electron chi connectivity index (χ3n) is 8.14. The fourth-order valence-electron chi connectivity index (χ4n) is 6.12. The van der Waals surface area contributed by atoms with Gasteiger partial charge < -0.3 is 14.5 Å². The number of ether oxygens (including phenoxy) is 1. The maximum Gasteiger partial charge on any atom is 0.222 e. The van der Waals surface area contributed by atoms with E-state index in [1.165, 1.54) is 63.7 Å². The molecule has 0 bridgehead atoms. The Kier molecular flexibility index (Phi) is 7.02. The first-order chi connectivity index (χ1) is 14.6. The Labute approximate surface area is 183 Å². The fraction of sp³-hybridized carbons (Fsp3) is 0.731. The van der Waals surface area contributed by atoms with Crippen LogP contribution in [0, 0.1) is 11.8 Å². The Bertz CT molecular complexity index is 718. The summed E-state index contributed by atoms with van der Waals surface area (Å²) in [5.74, 6) is 3.70. The summed E-state index contributed by atoms with van der Waals surface area (Å²) in [6.07, 6.45) is 9.19. The number of likely N-dealkylation sites (tertiary alicyclic amines) is 1. The summed E-state index contributed by atoms with van der Waals surface area (Å²) in [6.45, 7) is 8.97. The molecule has 2 heterocycles. The molecule has 0 radical (unpaired) electrons. The number of hydrogen-bond acceptors (Lipinski definition) is 3. The predicted molar refractivity (Wildman–Crippen MR) is 122 cm³/mol. The van der Waals surface area contributed by atoms with E-state index in [0.29, 0.717) is 24.3 Å². The molecule has 4 nitrogen and oxygen atoms in total. The van der Waals surface area contributed by atoms with Gasteiger partial charge in [-0.05, 0) is 81.0 Å². The zero-order valence-corrected chi connectivity index (χ0v) is 19.2. The predicted octanol–water partition coefficient (Wildman–Crippen LogP) is 4.86. The Hall–Kier alpha value is -1.55. The summed E-state index contributed by atoms with van der Waals surface area (Å²) >= 11 is 0. The summed E-state index contributed by atoms with van der Waals surface area (Å²) in [7, 11) is 2.00. The average Bonchev–Trinajstić information content (AvgIpc) is 3.28. The molecule has 30 heavy (non-hydrogen) atoms. The van der Waals surface area contributed by atoms with E-state index in [2.05, 4.69) is 30.0 Å². The van der Waals surface area contributed by atoms with Crippen LogP contribution in [0.4, 0.5) is 0 Å². The third-order valence-corrected chi connectivity index (χ3v) is 8.14. The first kappa shape index (κ1) is 21.7. The average molecular weight is 413 g/mol. The first-order valence-electron chi connectivity index (χ1n) is 12.3. The smallest absolute Gasteiger partial charge is 0.222 e. The number of hydrogen-bond donors (Lipinski definition) is 0. The van der Waals surface area contributed by atoms with Crippen LogP contribution in [0.3, 0.4) is 0 Å². The number of nitrogens with zero attached hydrogens (tertiary/aromatic N) is 2. The lowest BCUT2D eigenvalue weighted by Gasteiger charge is -2.39. The van der Waals surface area contributed by atoms with Crippen molar-refractivity contribution in [1.82, 2.24) is 9.80 Å². The van der Waals surface area contributed by atoms with E-state index in [0.717, 1.165) is 30.6 Å². The molecule has 1 aromatic rings. The first-order valence-corrected chi connectivity index (χ1v) is 12.3. The zero-order chi connectivity index (χ0) is 21.1. The lowest BCUT2D eigenvalue weighted by Crippen LogP contribution is -2.42. The second-order valence-electron chi connectivity index (χ2n) is 9.90. The fourth-order valence-corrected chi connectivity index (χ4v) is 6.12. The molecule has 0 aromatic heterocycles. The van der Waals surface area contributed by atoms with Crippen molar-refractivity contribution in [2.24, 2.45) is 11.8 Å². The highest BCUT2D eigenvalue weighted by Crippen LogP contribution is 2.38. The molecule has 1 saturated heterocycles. The van der Waals surface area contributed by atoms with E-state index in [-0.39, 0.29) is 0 Å². The van der Waals surface area contributed by atoms with Crippen molar-refractivity contribution in [1.29, 1.82) is 0 Å². The van der Waals surface area contributed by atoms with Crippen molar-refractivity contribution < 1.29 is 9.53 Å². The van der Waals surface area contributed by atoms with Gasteiger partial charge in [0.05, 0.1) is 6.61 Å². The Morgan fingerprint density at radius 1 is 1.17 bits per heavy atom. The monoisotopic (exact) mass is 412 g/mol. The van der Waals surface area contributed by atoms with Crippen molar-refractivity contribution >= 4 is 5.91 Å². The summed E-state index contributed by atoms with van der Waals surface area (Å²) < 4.78 is 5.78. The van der Waals surface area contributed by atoms with Crippen LogP contribution in [0.15, 0.2) is 18.2 Å². The molecule has 4 rings (SSSR count). The van der Waals surface area contributed by atoms with E-state index in [1.807, 2.05) is 18.9 Å². The van der Waals surface area contributed by atoms with Gasteiger partial charge in [0.1, 0.15) is 5.75 Å². The van der Waals surface area contributed by atoms with Gasteiger partial charge in [-0.15, -0.1) is 0 Å². The van der Waals surface area contributed by atoms with Crippen LogP contribution in [0.2, 0.25) is 0 Å². The normalized spacial score (nSPS) is 26.1. The Morgan fingerprint density at radius 2 is 1.90 bits per heavy atom. The maximum atomic E-state index is 12.0. The molecule has 1 amide bonds. The molecular formula is C26H40N2O2. The molecule has 0 N–H and O–H groups in total. The molecule has 1 unspecified atom stereocenters. The van der Waals surface area contributed by atoms with Gasteiger partial charge in [-0.2, -0.15) is 0 Å². The molecule has 3 aliphatic rings. The van der Waals surface area contributed by atoms with Gasteiger partial charge in [0.25, 0.3) is 0 Å². The maximum absolute atomic E-state index is 12.0. The zero-order valence-electron chi connectivity index (χ0n) is 19.2. The quantitative estimate of drug-likeness (QED) is 0.669. The SMILES string of the molecule is CCC(=O)N(C)C1CCC(C(C)CN2CCC(c3cccc4c3CCO4)CC2)CC1. The van der Waals surface area contributed by atoms with Crippen LogP contribution in [-0.4, -0.2) is 55.0 Å². The van der Waals surface area contributed by atoms with Crippen LogP contribution in [0.5, 0.6) is 5.75 Å². The number of fused-ring (bicyclic) bond motifs is 1. The molecule has 1 aromatic carbocycles. The van der Waals surface area contributed by atoms with E-state index in [1.54, 1.807) is 5.56 Å². The van der Waals surface area contributed by atoms with Gasteiger partial charge >= 0.3 is 0 Å². The molecule has 1 atom stereocenters. The largest absolute Gasteiger partial charge is 0.493 e. The number of piperidine rings is 1. The van der Waals surface area contributed by atoms with E-state index in [4.69, 9.17) is 4.74 Å². The van der Waals surface area contributed by atoms with Crippen LogP contribution >= 0.6 is 0 Å². The number of carbonyl (C=O) groups is 1. The molecule has 4 heteroatoms. The van der Waals surface area contributed by atoms with Crippen molar-refractivity contribution in [3.05, 3.63) is 29.3 Å². The van der Waals surface area contributed by atoms with Gasteiger partial charge in [-0.3, -0.25) is 4.79 Å². The molecule has 1 aliphatic carbocycles. The van der Waals surface area contributed by atoms with E-state index >= 15 is 0 Å². The molecular weight excluding hydrogens is 372 g/mol. The Balaban J connectivity index is 1.23. The molecule has 1 saturated carbocycles. The van der Waals surface area contributed by atoms with Crippen molar-refractivity contribution in [2.45, 2.75) is 77.2 Å². The minimum Gasteiger partial charge on any atom is -0.493 e. The van der Waals surface area contributed by atoms with Gasteiger partial charge in [0, 0.05) is 38.0 Å². The van der Waals surface area contributed by atoms with E-state index < -0.39 is 0 Å². The van der Waals surface area contributed by atoms with Gasteiger partial charge in [0.2, 0.25) is 5.91 Å². The summed E-state index contributed by atoms with van der Waals surface area (Å²) in [4.78, 5) is 16.7. The van der Waals surface area contributed by atoms with Crippen LogP contribution in [0.1, 0.15) is 75.8 Å². The van der Waals surface area contributed by atoms with Crippen molar-refractivity contribution in [3.63, 3.8) is 0 Å². The topological polar surface area (TPSA) is 32.8 Å². The van der Waals surface area contributed by atoms with Gasteiger partial charge in [-0.25, -0.2) is 0 Å². The van der Waals surface area contributed by atoms with Gasteiger partial charge in [-0.1, -0.05) is 26.0 Å². The van der Waals surface area contributed by atoms with E-state index in [9.17, 15) is 4.79 Å². The van der Waals surface area contributed by atoms with Crippen LogP contribution in [0.25, 0.3) is 0 Å². The highest BCUT2D eigenvalue weighted by Gasteiger charge is 2.31. The lowest BCUT2D eigenvalue weighted by atomic mass is 9.78. The number of benzene rings is 1. The molecule has 2 aliphatic heterocycles. The lowest BCUT2D eigenvalue weighted by molar-refractivity contribution is -0.132. The molecule has 2 fully saturated rings. The van der Waals surface area contributed by atoms with Crippen LogP contribution < -0.4 is 4.74 Å². The second kappa shape index (κ2) is 9.72. The van der Waals surface area contributed by atoms with Crippen LogP contribution in [-0.2, 0) is 11.2 Å². The summed E-state index contributed by atoms with van der Waals surface area (Å²) in [5, 5.41) is 0. The van der Waals surface area contributed by atoms with Crippen molar-refractivity contribution in [3.8, 4) is 5.75 Å². The van der Waals surface area contributed by atoms with Gasteiger partial charge in [0.15, 0.2) is 0 Å². The minimum absolute atomic E-state index is 0.296. The Morgan fingerprint density at radius 3 is 2.60 bits per heavy atom. The summed E-state index contributed by atoms with van der Waals surface area (Å²) in [5.41, 5.74) is 3.04. The highest BCUT2D eigenvalue weighted by molar-refractivity contribution is 5.75. The number of amides is 1. The van der Waals surface area contributed by atoms with Crippen molar-refractivity contribution in [2.75, 3.05) is 33.3 Å². The highest BCUT2D eigenvalue weighted by atomic mass is 16.5. The third kappa shape index (κ3) is 4.69. The number of rotatable bonds is 6.